The number of nitrogen functional groups attached to an aromatic ring is 1. The number of carbonyl (C=O) groups excluding carboxylic acids is 1. The first kappa shape index (κ1) is 14.7. The van der Waals surface area contributed by atoms with Gasteiger partial charge < -0.3 is 15.5 Å². The SMILES string of the molecule is CC(CN1CCOCC1)NC(=O)c1ccnc(NN)c1. The zero-order valence-electron chi connectivity index (χ0n) is 11.6. The second kappa shape index (κ2) is 7.18. The van der Waals surface area contributed by atoms with Crippen molar-refractivity contribution in [2.75, 3.05) is 38.3 Å². The van der Waals surface area contributed by atoms with Gasteiger partial charge in [-0.05, 0) is 19.1 Å². The molecule has 7 nitrogen and oxygen atoms in total. The molecule has 7 heteroatoms. The van der Waals surface area contributed by atoms with Crippen LogP contribution in [0.3, 0.4) is 0 Å². The van der Waals surface area contributed by atoms with Crippen LogP contribution in [0.4, 0.5) is 5.82 Å². The molecule has 0 aliphatic carbocycles. The highest BCUT2D eigenvalue weighted by atomic mass is 16.5. The number of hydrogen-bond donors (Lipinski definition) is 3. The summed E-state index contributed by atoms with van der Waals surface area (Å²) in [5.74, 6) is 5.63. The minimum atomic E-state index is -0.121. The van der Waals surface area contributed by atoms with Gasteiger partial charge in [-0.2, -0.15) is 0 Å². The predicted molar refractivity (Wildman–Crippen MR) is 76.2 cm³/mol. The van der Waals surface area contributed by atoms with Crippen molar-refractivity contribution in [1.82, 2.24) is 15.2 Å². The van der Waals surface area contributed by atoms with Gasteiger partial charge in [-0.25, -0.2) is 10.8 Å². The van der Waals surface area contributed by atoms with Gasteiger partial charge in [0.25, 0.3) is 5.91 Å². The smallest absolute Gasteiger partial charge is 0.251 e. The average molecular weight is 279 g/mol. The molecule has 0 radical (unpaired) electrons. The maximum atomic E-state index is 12.1. The van der Waals surface area contributed by atoms with E-state index in [1.165, 1.54) is 0 Å². The molecule has 1 saturated heterocycles. The standard InChI is InChI=1S/C13H21N5O2/c1-10(9-18-4-6-20-7-5-18)16-13(19)11-2-3-15-12(8-11)17-14/h2-3,8,10H,4-7,9,14H2,1H3,(H,15,17)(H,16,19). The number of nitrogens with one attached hydrogen (secondary N) is 2. The molecule has 1 aliphatic rings. The Morgan fingerprint density at radius 2 is 2.30 bits per heavy atom. The normalized spacial score (nSPS) is 17.5. The molecule has 110 valence electrons. The topological polar surface area (TPSA) is 92.5 Å². The van der Waals surface area contributed by atoms with Crippen molar-refractivity contribution in [2.24, 2.45) is 5.84 Å². The van der Waals surface area contributed by atoms with Crippen LogP contribution < -0.4 is 16.6 Å². The van der Waals surface area contributed by atoms with Crippen molar-refractivity contribution in [3.63, 3.8) is 0 Å². The molecule has 0 saturated carbocycles. The lowest BCUT2D eigenvalue weighted by Crippen LogP contribution is -2.46. The Kier molecular flexibility index (Phi) is 5.28. The van der Waals surface area contributed by atoms with Gasteiger partial charge in [0, 0.05) is 37.4 Å². The van der Waals surface area contributed by atoms with Crippen LogP contribution in [0.25, 0.3) is 0 Å². The molecule has 1 fully saturated rings. The number of ether oxygens (including phenoxy) is 1. The molecule has 1 aromatic rings. The highest BCUT2D eigenvalue weighted by Gasteiger charge is 2.16. The molecule has 1 amide bonds. The number of hydrogen-bond acceptors (Lipinski definition) is 6. The highest BCUT2D eigenvalue weighted by molar-refractivity contribution is 5.94. The van der Waals surface area contributed by atoms with Gasteiger partial charge in [0.05, 0.1) is 13.2 Å². The monoisotopic (exact) mass is 279 g/mol. The molecule has 1 aliphatic heterocycles. The van der Waals surface area contributed by atoms with Gasteiger partial charge >= 0.3 is 0 Å². The third-order valence-electron chi connectivity index (χ3n) is 3.18. The summed E-state index contributed by atoms with van der Waals surface area (Å²) in [6.45, 7) is 6.17. The van der Waals surface area contributed by atoms with Crippen LogP contribution in [0.5, 0.6) is 0 Å². The van der Waals surface area contributed by atoms with Crippen molar-refractivity contribution in [2.45, 2.75) is 13.0 Å². The molecule has 0 spiro atoms. The summed E-state index contributed by atoms with van der Waals surface area (Å²) in [7, 11) is 0. The Bertz CT molecular complexity index is 448. The fraction of sp³-hybridized carbons (Fsp3) is 0.538. The van der Waals surface area contributed by atoms with E-state index >= 15 is 0 Å². The summed E-state index contributed by atoms with van der Waals surface area (Å²) in [4.78, 5) is 18.4. The highest BCUT2D eigenvalue weighted by Crippen LogP contribution is 2.06. The first-order valence-corrected chi connectivity index (χ1v) is 6.72. The molecule has 1 atom stereocenters. The van der Waals surface area contributed by atoms with E-state index in [0.717, 1.165) is 32.8 Å². The van der Waals surface area contributed by atoms with Crippen molar-refractivity contribution in [1.29, 1.82) is 0 Å². The van der Waals surface area contributed by atoms with E-state index < -0.39 is 0 Å². The number of nitrogens with two attached hydrogens (primary N) is 1. The molecular formula is C13H21N5O2. The maximum Gasteiger partial charge on any atom is 0.251 e. The lowest BCUT2D eigenvalue weighted by Gasteiger charge is -2.29. The predicted octanol–water partition coefficient (Wildman–Crippen LogP) is -0.182. The summed E-state index contributed by atoms with van der Waals surface area (Å²) in [5, 5.41) is 2.98. The Balaban J connectivity index is 1.86. The van der Waals surface area contributed by atoms with Gasteiger partial charge in [-0.1, -0.05) is 0 Å². The minimum absolute atomic E-state index is 0.0723. The van der Waals surface area contributed by atoms with E-state index in [1.54, 1.807) is 18.3 Å². The van der Waals surface area contributed by atoms with Crippen LogP contribution in [-0.2, 0) is 4.74 Å². The Morgan fingerprint density at radius 1 is 1.55 bits per heavy atom. The quantitative estimate of drug-likeness (QED) is 0.511. The molecule has 4 N–H and O–H groups in total. The zero-order valence-corrected chi connectivity index (χ0v) is 11.6. The number of carbonyl (C=O) groups is 1. The largest absolute Gasteiger partial charge is 0.379 e. The number of rotatable bonds is 5. The number of anilines is 1. The van der Waals surface area contributed by atoms with Gasteiger partial charge in [0.1, 0.15) is 5.82 Å². The zero-order chi connectivity index (χ0) is 14.4. The van der Waals surface area contributed by atoms with Crippen LogP contribution in [0.1, 0.15) is 17.3 Å². The average Bonchev–Trinajstić information content (AvgIpc) is 2.48. The summed E-state index contributed by atoms with van der Waals surface area (Å²) in [6.07, 6.45) is 1.55. The Morgan fingerprint density at radius 3 is 3.00 bits per heavy atom. The molecule has 20 heavy (non-hydrogen) atoms. The summed E-state index contributed by atoms with van der Waals surface area (Å²) < 4.78 is 5.30. The molecule has 0 aromatic carbocycles. The second-order valence-corrected chi connectivity index (χ2v) is 4.86. The third-order valence-corrected chi connectivity index (χ3v) is 3.18. The van der Waals surface area contributed by atoms with Gasteiger partial charge in [0.2, 0.25) is 0 Å². The van der Waals surface area contributed by atoms with Crippen molar-refractivity contribution >= 4 is 11.7 Å². The van der Waals surface area contributed by atoms with E-state index in [4.69, 9.17) is 10.6 Å². The van der Waals surface area contributed by atoms with Crippen molar-refractivity contribution in [3.8, 4) is 0 Å². The first-order chi connectivity index (χ1) is 9.69. The second-order valence-electron chi connectivity index (χ2n) is 4.86. The molecule has 1 unspecified atom stereocenters. The fourth-order valence-corrected chi connectivity index (χ4v) is 2.17. The van der Waals surface area contributed by atoms with Crippen molar-refractivity contribution in [3.05, 3.63) is 23.9 Å². The summed E-state index contributed by atoms with van der Waals surface area (Å²) in [5.41, 5.74) is 2.97. The third kappa shape index (κ3) is 4.16. The maximum absolute atomic E-state index is 12.1. The lowest BCUT2D eigenvalue weighted by molar-refractivity contribution is 0.0342. The molecule has 2 rings (SSSR count). The van der Waals surface area contributed by atoms with Crippen LogP contribution in [0, 0.1) is 0 Å². The number of amides is 1. The number of pyridine rings is 1. The van der Waals surface area contributed by atoms with Crippen LogP contribution in [-0.4, -0.2) is 54.7 Å². The molecule has 1 aromatic heterocycles. The number of aromatic nitrogens is 1. The molecule has 2 heterocycles. The summed E-state index contributed by atoms with van der Waals surface area (Å²) in [6, 6.07) is 3.36. The number of nitrogens with zero attached hydrogens (tertiary/aromatic N) is 2. The fourth-order valence-electron chi connectivity index (χ4n) is 2.17. The van der Waals surface area contributed by atoms with E-state index in [9.17, 15) is 4.79 Å². The minimum Gasteiger partial charge on any atom is -0.379 e. The number of hydrazine groups is 1. The van der Waals surface area contributed by atoms with Crippen molar-refractivity contribution < 1.29 is 9.53 Å². The lowest BCUT2D eigenvalue weighted by atomic mass is 10.2. The van der Waals surface area contributed by atoms with Crippen LogP contribution in [0.2, 0.25) is 0 Å². The first-order valence-electron chi connectivity index (χ1n) is 6.72. The van der Waals surface area contributed by atoms with E-state index in [2.05, 4.69) is 20.6 Å². The van der Waals surface area contributed by atoms with E-state index in [0.29, 0.717) is 11.4 Å². The van der Waals surface area contributed by atoms with E-state index in [-0.39, 0.29) is 11.9 Å². The summed E-state index contributed by atoms with van der Waals surface area (Å²) >= 11 is 0. The van der Waals surface area contributed by atoms with Gasteiger partial charge in [0.15, 0.2) is 0 Å². The van der Waals surface area contributed by atoms with Crippen LogP contribution in [0.15, 0.2) is 18.3 Å². The molecule has 0 bridgehead atoms. The Hall–Kier alpha value is -1.70. The Labute approximate surface area is 118 Å². The molecular weight excluding hydrogens is 258 g/mol. The van der Waals surface area contributed by atoms with Crippen LogP contribution >= 0.6 is 0 Å². The van der Waals surface area contributed by atoms with Gasteiger partial charge in [-0.3, -0.25) is 9.69 Å². The van der Waals surface area contributed by atoms with Gasteiger partial charge in [-0.15, -0.1) is 0 Å². The van der Waals surface area contributed by atoms with E-state index in [1.807, 2.05) is 6.92 Å². The number of morpholine rings is 1.